The maximum absolute atomic E-state index is 14.3. The van der Waals surface area contributed by atoms with Crippen molar-refractivity contribution < 1.29 is 9.13 Å². The second-order valence-corrected chi connectivity index (χ2v) is 4.74. The van der Waals surface area contributed by atoms with Gasteiger partial charge in [0, 0.05) is 19.2 Å². The highest BCUT2D eigenvalue weighted by Gasteiger charge is 2.15. The number of benzene rings is 1. The normalized spacial score (nSPS) is 15.6. The van der Waals surface area contributed by atoms with Gasteiger partial charge >= 0.3 is 0 Å². The lowest BCUT2D eigenvalue weighted by molar-refractivity contribution is 0.122. The molecule has 0 aliphatic carbocycles. The molecule has 1 aromatic heterocycles. The second kappa shape index (κ2) is 5.58. The zero-order valence-corrected chi connectivity index (χ0v) is 11.4. The predicted molar refractivity (Wildman–Crippen MR) is 73.7 cm³/mol. The van der Waals surface area contributed by atoms with E-state index < -0.39 is 0 Å². The lowest BCUT2D eigenvalue weighted by Crippen LogP contribution is -2.36. The van der Waals surface area contributed by atoms with Crippen LogP contribution in [0.25, 0.3) is 5.69 Å². The molecule has 0 atom stereocenters. The molecule has 1 saturated heterocycles. The van der Waals surface area contributed by atoms with Gasteiger partial charge in [-0.25, -0.2) is 9.07 Å². The number of anilines is 1. The highest BCUT2D eigenvalue weighted by molar-refractivity contribution is 5.52. The Bertz CT molecular complexity index is 593. The Kier molecular flexibility index (Phi) is 3.64. The summed E-state index contributed by atoms with van der Waals surface area (Å²) in [6, 6.07) is 5.16. The highest BCUT2D eigenvalue weighted by Crippen LogP contribution is 2.23. The fourth-order valence-corrected chi connectivity index (χ4v) is 2.29. The van der Waals surface area contributed by atoms with Crippen molar-refractivity contribution in [1.29, 1.82) is 0 Å². The van der Waals surface area contributed by atoms with Crippen molar-refractivity contribution in [2.75, 3.05) is 31.2 Å². The number of ether oxygens (including phenoxy) is 1. The molecule has 0 radical (unpaired) electrons. The molecule has 0 saturated carbocycles. The number of hydrogen-bond acceptors (Lipinski definition) is 4. The maximum Gasteiger partial charge on any atom is 0.148 e. The molecule has 2 heterocycles. The molecule has 0 N–H and O–H groups in total. The summed E-state index contributed by atoms with van der Waals surface area (Å²) in [4.78, 5) is 2.00. The van der Waals surface area contributed by atoms with E-state index in [0.29, 0.717) is 24.6 Å². The van der Waals surface area contributed by atoms with Gasteiger partial charge in [0.2, 0.25) is 0 Å². The van der Waals surface area contributed by atoms with Crippen LogP contribution in [0.4, 0.5) is 10.1 Å². The summed E-state index contributed by atoms with van der Waals surface area (Å²) in [7, 11) is 0. The van der Waals surface area contributed by atoms with Crippen molar-refractivity contribution in [3.8, 4) is 5.69 Å². The first kappa shape index (κ1) is 13.1. The molecule has 0 amide bonds. The fourth-order valence-electron chi connectivity index (χ4n) is 2.29. The van der Waals surface area contributed by atoms with Gasteiger partial charge in [-0.05, 0) is 18.6 Å². The van der Waals surface area contributed by atoms with Crippen molar-refractivity contribution in [3.63, 3.8) is 0 Å². The highest BCUT2D eigenvalue weighted by atomic mass is 19.1. The maximum atomic E-state index is 14.3. The second-order valence-electron chi connectivity index (χ2n) is 4.74. The molecule has 3 rings (SSSR count). The number of rotatable bonds is 3. The predicted octanol–water partition coefficient (Wildman–Crippen LogP) is 1.81. The first-order valence-corrected chi connectivity index (χ1v) is 6.82. The van der Waals surface area contributed by atoms with Crippen molar-refractivity contribution in [3.05, 3.63) is 35.9 Å². The van der Waals surface area contributed by atoms with Crippen LogP contribution in [0.1, 0.15) is 12.6 Å². The van der Waals surface area contributed by atoms with Crippen LogP contribution in [0.15, 0.2) is 24.4 Å². The average Bonchev–Trinajstić information content (AvgIpc) is 2.97. The van der Waals surface area contributed by atoms with Crippen LogP contribution in [0.5, 0.6) is 0 Å². The molecule has 1 aliphatic rings. The molecule has 0 unspecified atom stereocenters. The first-order chi connectivity index (χ1) is 9.78. The Morgan fingerprint density at radius 3 is 2.75 bits per heavy atom. The largest absolute Gasteiger partial charge is 0.378 e. The van der Waals surface area contributed by atoms with E-state index in [4.69, 9.17) is 4.74 Å². The van der Waals surface area contributed by atoms with E-state index in [9.17, 15) is 4.39 Å². The van der Waals surface area contributed by atoms with Crippen molar-refractivity contribution in [1.82, 2.24) is 15.0 Å². The van der Waals surface area contributed by atoms with Gasteiger partial charge in [-0.1, -0.05) is 12.1 Å². The zero-order chi connectivity index (χ0) is 13.9. The summed E-state index contributed by atoms with van der Waals surface area (Å²) >= 11 is 0. The SMILES string of the molecule is CCc1cn(-c2ccc(N3CCOCC3)c(F)c2)nn1. The molecule has 1 aromatic carbocycles. The Labute approximate surface area is 117 Å². The summed E-state index contributed by atoms with van der Waals surface area (Å²) in [5, 5.41) is 8.02. The minimum atomic E-state index is -0.238. The van der Waals surface area contributed by atoms with Gasteiger partial charge in [0.1, 0.15) is 5.82 Å². The molecule has 106 valence electrons. The van der Waals surface area contributed by atoms with E-state index in [1.165, 1.54) is 6.07 Å². The molecule has 0 bridgehead atoms. The van der Waals surface area contributed by atoms with E-state index >= 15 is 0 Å². The van der Waals surface area contributed by atoms with Crippen LogP contribution in [-0.4, -0.2) is 41.3 Å². The summed E-state index contributed by atoms with van der Waals surface area (Å²) in [6.07, 6.45) is 2.64. The summed E-state index contributed by atoms with van der Waals surface area (Å²) in [6.45, 7) is 4.74. The fraction of sp³-hybridized carbons (Fsp3) is 0.429. The van der Waals surface area contributed by atoms with Crippen LogP contribution in [0.3, 0.4) is 0 Å². The van der Waals surface area contributed by atoms with Crippen LogP contribution < -0.4 is 4.90 Å². The molecule has 6 heteroatoms. The third-order valence-electron chi connectivity index (χ3n) is 3.45. The Hall–Kier alpha value is -1.95. The Morgan fingerprint density at radius 2 is 2.10 bits per heavy atom. The average molecular weight is 276 g/mol. The van der Waals surface area contributed by atoms with E-state index in [2.05, 4.69) is 10.3 Å². The molecule has 0 spiro atoms. The quantitative estimate of drug-likeness (QED) is 0.857. The molecular formula is C14H17FN4O. The Balaban J connectivity index is 1.86. The number of nitrogens with zero attached hydrogens (tertiary/aromatic N) is 4. The number of morpholine rings is 1. The summed E-state index contributed by atoms with van der Waals surface area (Å²) < 4.78 is 21.1. The van der Waals surface area contributed by atoms with Crippen molar-refractivity contribution >= 4 is 5.69 Å². The minimum Gasteiger partial charge on any atom is -0.378 e. The number of halogens is 1. The lowest BCUT2D eigenvalue weighted by Gasteiger charge is -2.29. The van der Waals surface area contributed by atoms with Crippen LogP contribution in [0, 0.1) is 5.82 Å². The van der Waals surface area contributed by atoms with E-state index in [1.807, 2.05) is 24.1 Å². The standard InChI is InChI=1S/C14H17FN4O/c1-2-11-10-19(17-16-11)12-3-4-14(13(15)9-12)18-5-7-20-8-6-18/h3-4,9-10H,2,5-8H2,1H3. The third kappa shape index (κ3) is 2.51. The van der Waals surface area contributed by atoms with Gasteiger partial charge in [0.15, 0.2) is 0 Å². The number of aryl methyl sites for hydroxylation is 1. The van der Waals surface area contributed by atoms with E-state index in [1.54, 1.807) is 10.7 Å². The molecule has 2 aromatic rings. The van der Waals surface area contributed by atoms with Gasteiger partial charge in [-0.15, -0.1) is 5.10 Å². The number of aromatic nitrogens is 3. The lowest BCUT2D eigenvalue weighted by atomic mass is 10.2. The molecule has 1 aliphatic heterocycles. The van der Waals surface area contributed by atoms with Crippen LogP contribution in [-0.2, 0) is 11.2 Å². The first-order valence-electron chi connectivity index (χ1n) is 6.82. The van der Waals surface area contributed by atoms with E-state index in [-0.39, 0.29) is 5.82 Å². The molecule has 1 fully saturated rings. The van der Waals surface area contributed by atoms with Crippen LogP contribution in [0.2, 0.25) is 0 Å². The summed E-state index contributed by atoms with van der Waals surface area (Å²) in [5.74, 6) is -0.238. The monoisotopic (exact) mass is 276 g/mol. The smallest absolute Gasteiger partial charge is 0.148 e. The minimum absolute atomic E-state index is 0.238. The van der Waals surface area contributed by atoms with Crippen LogP contribution >= 0.6 is 0 Å². The van der Waals surface area contributed by atoms with Crippen molar-refractivity contribution in [2.24, 2.45) is 0 Å². The number of hydrogen-bond donors (Lipinski definition) is 0. The summed E-state index contributed by atoms with van der Waals surface area (Å²) in [5.41, 5.74) is 2.20. The molecular weight excluding hydrogens is 259 g/mol. The third-order valence-corrected chi connectivity index (χ3v) is 3.45. The zero-order valence-electron chi connectivity index (χ0n) is 11.4. The topological polar surface area (TPSA) is 43.2 Å². The van der Waals surface area contributed by atoms with Gasteiger partial charge in [0.25, 0.3) is 0 Å². The van der Waals surface area contributed by atoms with Gasteiger partial charge < -0.3 is 9.64 Å². The Morgan fingerprint density at radius 1 is 1.30 bits per heavy atom. The molecule has 5 nitrogen and oxygen atoms in total. The molecule has 20 heavy (non-hydrogen) atoms. The van der Waals surface area contributed by atoms with Gasteiger partial charge in [-0.2, -0.15) is 0 Å². The van der Waals surface area contributed by atoms with Gasteiger partial charge in [0.05, 0.1) is 36.5 Å². The van der Waals surface area contributed by atoms with Gasteiger partial charge in [-0.3, -0.25) is 0 Å². The van der Waals surface area contributed by atoms with E-state index in [0.717, 1.165) is 25.2 Å². The van der Waals surface area contributed by atoms with Crippen molar-refractivity contribution in [2.45, 2.75) is 13.3 Å².